The summed E-state index contributed by atoms with van der Waals surface area (Å²) in [4.78, 5) is 74.8. The van der Waals surface area contributed by atoms with E-state index >= 15 is 0 Å². The molecule has 4 amide bonds. The molecule has 0 radical (unpaired) electrons. The fourth-order valence-corrected chi connectivity index (χ4v) is 7.21. The lowest BCUT2D eigenvalue weighted by Crippen LogP contribution is -2.76. The van der Waals surface area contributed by atoms with Crippen molar-refractivity contribution in [2.75, 3.05) is 18.5 Å². The SMILES string of the molecule is C[n+]1cc(-c2ccc(OCC(O/N=C(\C(=O)N[C@@H]3C(=O)N(OS(=O)(=O)O)C3(C)C)c3nc(NC(=O)OC(C)(C)C)sc3Cl)C(=O)OC(C)(C)C)cc2)cn1CCCNC(=O)OC(C)(C)C. The molecule has 65 heavy (non-hydrogen) atoms. The third kappa shape index (κ3) is 15.5. The number of carbonyl (C=O) groups is 5. The Morgan fingerprint density at radius 3 is 2.14 bits per heavy atom. The van der Waals surface area contributed by atoms with Gasteiger partial charge < -0.3 is 34.4 Å². The van der Waals surface area contributed by atoms with Gasteiger partial charge in [0.2, 0.25) is 6.20 Å². The van der Waals surface area contributed by atoms with Crippen molar-refractivity contribution in [3.05, 3.63) is 46.7 Å². The lowest BCUT2D eigenvalue weighted by molar-refractivity contribution is -0.753. The third-order valence-electron chi connectivity index (χ3n) is 8.54. The molecule has 1 saturated heterocycles. The second-order valence-corrected chi connectivity index (χ2v) is 20.7. The second kappa shape index (κ2) is 20.3. The first-order valence-electron chi connectivity index (χ1n) is 20.0. The summed E-state index contributed by atoms with van der Waals surface area (Å²) in [6.07, 6.45) is 1.56. The zero-order chi connectivity index (χ0) is 48.9. The number of oxime groups is 1. The summed E-state index contributed by atoms with van der Waals surface area (Å²) in [6, 6.07) is 5.52. The van der Waals surface area contributed by atoms with Crippen molar-refractivity contribution < 1.29 is 69.7 Å². The molecule has 0 aliphatic carbocycles. The predicted octanol–water partition coefficient (Wildman–Crippen LogP) is 4.70. The molecule has 0 bridgehead atoms. The number of benzene rings is 1. The Morgan fingerprint density at radius 1 is 0.969 bits per heavy atom. The van der Waals surface area contributed by atoms with Crippen molar-refractivity contribution >= 4 is 74.2 Å². The lowest BCUT2D eigenvalue weighted by Gasteiger charge is -2.50. The molecule has 22 nitrogen and oxygen atoms in total. The van der Waals surface area contributed by atoms with Crippen molar-refractivity contribution in [3.63, 3.8) is 0 Å². The number of β-lactam (4-membered cyclic amide) rings is 1. The van der Waals surface area contributed by atoms with E-state index in [0.717, 1.165) is 22.5 Å². The molecule has 25 heteroatoms. The Bertz CT molecular complexity index is 2380. The minimum absolute atomic E-state index is 0.124. The molecule has 0 saturated carbocycles. The number of anilines is 1. The monoisotopic (exact) mass is 971 g/mol. The maximum absolute atomic E-state index is 14.0. The van der Waals surface area contributed by atoms with E-state index in [1.54, 1.807) is 74.4 Å². The van der Waals surface area contributed by atoms with Crippen LogP contribution in [0.2, 0.25) is 4.34 Å². The van der Waals surface area contributed by atoms with E-state index in [4.69, 9.17) is 39.9 Å². The number of thiazole rings is 1. The van der Waals surface area contributed by atoms with Gasteiger partial charge in [-0.15, -0.1) is 8.97 Å². The number of ether oxygens (including phenoxy) is 4. The number of hydrogen-bond donors (Lipinski definition) is 4. The summed E-state index contributed by atoms with van der Waals surface area (Å²) in [5.74, 6) is -2.80. The van der Waals surface area contributed by atoms with Crippen molar-refractivity contribution in [2.45, 2.75) is 124 Å². The van der Waals surface area contributed by atoms with E-state index in [1.165, 1.54) is 13.8 Å². The van der Waals surface area contributed by atoms with Crippen LogP contribution in [0, 0.1) is 0 Å². The summed E-state index contributed by atoms with van der Waals surface area (Å²) in [7, 11) is -3.22. The van der Waals surface area contributed by atoms with Gasteiger partial charge in [0.05, 0.1) is 23.8 Å². The van der Waals surface area contributed by atoms with Gasteiger partial charge in [-0.1, -0.05) is 40.2 Å². The van der Waals surface area contributed by atoms with Gasteiger partial charge in [-0.05, 0) is 100 Å². The molecule has 4 N–H and O–H groups in total. The molecule has 2 atom stereocenters. The average molecular weight is 973 g/mol. The van der Waals surface area contributed by atoms with E-state index in [-0.39, 0.29) is 15.2 Å². The zero-order valence-electron chi connectivity index (χ0n) is 38.1. The summed E-state index contributed by atoms with van der Waals surface area (Å²) in [5.41, 5.74) is -3.29. The molecule has 1 aliphatic rings. The standard InChI is InChI=1S/C40H55ClN8O14S2/c1-37(2,3)59-33(52)26(22-58-25-16-14-23(15-17-25)24-20-47(12)48(21-24)19-13-18-42-35(53)60-38(4,5)6)62-46-28(27-30(41)64-34(43-27)45-36(54)61-39(7,8)9)31(50)44-29-32(51)49(40(29,10)11)63-65(55,56)57/h14-17,20-21,26,29H,13,18-19,22H2,1-12H3,(H3-,42,43,44,45,50,53,54,55,56,57)/p+1/b46-28-/t26?,29-/m1/s1. The van der Waals surface area contributed by atoms with Gasteiger partial charge in [-0.3, -0.25) is 19.5 Å². The van der Waals surface area contributed by atoms with Crippen molar-refractivity contribution in [2.24, 2.45) is 12.2 Å². The molecule has 3 aromatic rings. The molecule has 358 valence electrons. The van der Waals surface area contributed by atoms with E-state index in [0.29, 0.717) is 30.3 Å². The van der Waals surface area contributed by atoms with Gasteiger partial charge in [0.15, 0.2) is 17.9 Å². The number of halogens is 1. The summed E-state index contributed by atoms with van der Waals surface area (Å²) in [6.45, 7) is 18.4. The molecule has 3 heterocycles. The van der Waals surface area contributed by atoms with Crippen LogP contribution in [0.5, 0.6) is 5.75 Å². The van der Waals surface area contributed by atoms with Crippen LogP contribution >= 0.6 is 22.9 Å². The molecule has 1 unspecified atom stereocenters. The number of esters is 1. The zero-order valence-corrected chi connectivity index (χ0v) is 40.5. The van der Waals surface area contributed by atoms with Gasteiger partial charge in [0.1, 0.15) is 45.2 Å². The largest absolute Gasteiger partial charge is 0.489 e. The Hall–Kier alpha value is -5.56. The first-order valence-corrected chi connectivity index (χ1v) is 22.6. The number of nitrogens with zero attached hydrogens (tertiary/aromatic N) is 5. The second-order valence-electron chi connectivity index (χ2n) is 18.1. The topological polar surface area (TPSA) is 268 Å². The number of alkyl carbamates (subject to hydrolysis) is 1. The van der Waals surface area contributed by atoms with E-state index in [2.05, 4.69) is 30.4 Å². The van der Waals surface area contributed by atoms with E-state index in [9.17, 15) is 32.4 Å². The highest BCUT2D eigenvalue weighted by atomic mass is 35.5. The number of aromatic nitrogens is 3. The Kier molecular flexibility index (Phi) is 16.3. The summed E-state index contributed by atoms with van der Waals surface area (Å²) >= 11 is 7.24. The molecule has 0 spiro atoms. The fourth-order valence-electron chi connectivity index (χ4n) is 5.72. The number of rotatable bonds is 17. The Morgan fingerprint density at radius 2 is 1.57 bits per heavy atom. The number of carbonyl (C=O) groups excluding carboxylic acids is 5. The molecular weight excluding hydrogens is 916 g/mol. The minimum atomic E-state index is -5.11. The van der Waals surface area contributed by atoms with Gasteiger partial charge >= 0.3 is 28.6 Å². The Labute approximate surface area is 385 Å². The third-order valence-corrected chi connectivity index (χ3v) is 10.0. The predicted molar refractivity (Wildman–Crippen MR) is 235 cm³/mol. The number of aryl methyl sites for hydroxylation is 2. The maximum Gasteiger partial charge on any atom is 0.418 e. The van der Waals surface area contributed by atoms with Gasteiger partial charge in [-0.25, -0.2) is 19.4 Å². The first kappa shape index (κ1) is 52.1. The van der Waals surface area contributed by atoms with Crippen molar-refractivity contribution in [1.29, 1.82) is 0 Å². The summed E-state index contributed by atoms with van der Waals surface area (Å²) in [5, 5.41) is 11.8. The van der Waals surface area contributed by atoms with Crippen molar-refractivity contribution in [3.8, 4) is 16.9 Å². The number of amides is 4. The van der Waals surface area contributed by atoms with Crippen LogP contribution in [-0.2, 0) is 61.7 Å². The molecule has 4 rings (SSSR count). The molecule has 1 aromatic carbocycles. The van der Waals surface area contributed by atoms with Crippen LogP contribution in [0.4, 0.5) is 14.7 Å². The van der Waals surface area contributed by atoms with Gasteiger partial charge in [0.25, 0.3) is 17.9 Å². The maximum atomic E-state index is 14.0. The highest BCUT2D eigenvalue weighted by Gasteiger charge is 2.58. The van der Waals surface area contributed by atoms with E-state index in [1.807, 2.05) is 40.9 Å². The number of hydrogen-bond acceptors (Lipinski definition) is 16. The van der Waals surface area contributed by atoms with Crippen LogP contribution in [0.15, 0.2) is 41.8 Å². The van der Waals surface area contributed by atoms with Gasteiger partial charge in [-0.2, -0.15) is 18.2 Å². The number of hydroxylamine groups is 2. The summed E-state index contributed by atoms with van der Waals surface area (Å²) < 4.78 is 62.1. The highest BCUT2D eigenvalue weighted by molar-refractivity contribution is 7.80. The number of nitrogens with one attached hydrogen (secondary N) is 3. The first-order chi connectivity index (χ1) is 29.8. The van der Waals surface area contributed by atoms with Crippen LogP contribution < -0.4 is 25.4 Å². The van der Waals surface area contributed by atoms with Crippen LogP contribution in [0.3, 0.4) is 0 Å². The van der Waals surface area contributed by atoms with Crippen LogP contribution in [-0.4, -0.2) is 111 Å². The lowest BCUT2D eigenvalue weighted by atomic mass is 9.84. The molecule has 2 aromatic heterocycles. The van der Waals surface area contributed by atoms with Crippen molar-refractivity contribution in [1.82, 2.24) is 25.4 Å². The molecule has 1 aliphatic heterocycles. The fraction of sp³-hybridized carbons (Fsp3) is 0.550. The normalized spacial score (nSPS) is 15.9. The van der Waals surface area contributed by atoms with Crippen LogP contribution in [0.1, 0.15) is 88.3 Å². The average Bonchev–Trinajstić information content (AvgIpc) is 3.70. The van der Waals surface area contributed by atoms with E-state index < -0.39 is 87.2 Å². The molecular formula is C40H56ClN8O14S2+. The highest BCUT2D eigenvalue weighted by Crippen LogP contribution is 2.34. The Balaban J connectivity index is 1.56. The quantitative estimate of drug-likeness (QED) is 0.0209. The van der Waals surface area contributed by atoms with Gasteiger partial charge in [0, 0.05) is 6.54 Å². The minimum Gasteiger partial charge on any atom is -0.489 e. The smallest absolute Gasteiger partial charge is 0.418 e. The molecule has 1 fully saturated rings. The van der Waals surface area contributed by atoms with Crippen LogP contribution in [0.25, 0.3) is 11.1 Å².